The average Bonchev–Trinajstić information content (AvgIpc) is 3.06. The molecule has 0 N–H and O–H groups in total. The molecule has 0 heterocycles. The van der Waals surface area contributed by atoms with E-state index in [1.807, 2.05) is 6.08 Å². The van der Waals surface area contributed by atoms with E-state index in [9.17, 15) is 9.59 Å². The molecule has 0 amide bonds. The summed E-state index contributed by atoms with van der Waals surface area (Å²) in [6.07, 6.45) is 55.7. The van der Waals surface area contributed by atoms with Gasteiger partial charge < -0.3 is 9.47 Å². The number of rotatable bonds is 30. The molecule has 1 unspecified atom stereocenters. The highest BCUT2D eigenvalue weighted by atomic mass is 16.6. The number of hydrogen-bond donors (Lipinski definition) is 0. The first-order valence-electron chi connectivity index (χ1n) is 18.3. The Labute approximate surface area is 288 Å². The first kappa shape index (κ1) is 43.6. The van der Waals surface area contributed by atoms with Gasteiger partial charge >= 0.3 is 11.9 Å². The van der Waals surface area contributed by atoms with E-state index in [0.717, 1.165) is 70.6 Å². The molecule has 0 aliphatic heterocycles. The van der Waals surface area contributed by atoms with Crippen molar-refractivity contribution in [1.82, 2.24) is 0 Å². The molecule has 4 nitrogen and oxygen atoms in total. The van der Waals surface area contributed by atoms with Crippen molar-refractivity contribution in [3.63, 3.8) is 0 Å². The van der Waals surface area contributed by atoms with Crippen LogP contribution in [0.15, 0.2) is 109 Å². The van der Waals surface area contributed by atoms with Gasteiger partial charge in [0, 0.05) is 12.8 Å². The maximum Gasteiger partial charge on any atom is 0.306 e. The van der Waals surface area contributed by atoms with Gasteiger partial charge in [0.1, 0.15) is 12.7 Å². The van der Waals surface area contributed by atoms with Gasteiger partial charge in [0.05, 0.1) is 0 Å². The van der Waals surface area contributed by atoms with Gasteiger partial charge in [-0.3, -0.25) is 9.59 Å². The molecule has 0 saturated heterocycles. The minimum atomic E-state index is -0.435. The lowest BCUT2D eigenvalue weighted by Gasteiger charge is -2.13. The highest BCUT2D eigenvalue weighted by Crippen LogP contribution is 2.06. The topological polar surface area (TPSA) is 52.6 Å². The number of allylic oxidation sites excluding steroid dienone is 18. The van der Waals surface area contributed by atoms with Gasteiger partial charge in [-0.1, -0.05) is 136 Å². The second-order valence-electron chi connectivity index (χ2n) is 11.6. The summed E-state index contributed by atoms with van der Waals surface area (Å²) >= 11 is 0. The Morgan fingerprint density at radius 2 is 0.872 bits per heavy atom. The minimum Gasteiger partial charge on any atom is -0.462 e. The van der Waals surface area contributed by atoms with Crippen LogP contribution in [0.2, 0.25) is 0 Å². The van der Waals surface area contributed by atoms with Gasteiger partial charge in [-0.15, -0.1) is 0 Å². The maximum absolute atomic E-state index is 12.1. The molecule has 0 bridgehead atoms. The first-order chi connectivity index (χ1) is 23.1. The van der Waals surface area contributed by atoms with E-state index in [2.05, 4.69) is 117 Å². The Hall–Kier alpha value is -3.40. The van der Waals surface area contributed by atoms with Crippen LogP contribution in [0.3, 0.4) is 0 Å². The van der Waals surface area contributed by atoms with Crippen molar-refractivity contribution in [2.24, 2.45) is 0 Å². The Bertz CT molecular complexity index is 1000. The fraction of sp³-hybridized carbons (Fsp3) is 0.535. The van der Waals surface area contributed by atoms with Crippen LogP contribution in [-0.4, -0.2) is 24.6 Å². The minimum absolute atomic E-state index is 0.0965. The molecule has 0 aliphatic rings. The molecule has 0 aromatic rings. The Morgan fingerprint density at radius 1 is 0.468 bits per heavy atom. The van der Waals surface area contributed by atoms with E-state index in [4.69, 9.17) is 9.47 Å². The molecule has 262 valence electrons. The quantitative estimate of drug-likeness (QED) is 0.0443. The highest BCUT2D eigenvalue weighted by Gasteiger charge is 2.11. The molecule has 0 aromatic carbocycles. The Morgan fingerprint density at radius 3 is 1.32 bits per heavy atom. The van der Waals surface area contributed by atoms with E-state index < -0.39 is 6.10 Å². The van der Waals surface area contributed by atoms with Gasteiger partial charge in [-0.05, 0) is 96.8 Å². The van der Waals surface area contributed by atoms with Gasteiger partial charge in [0.15, 0.2) is 0 Å². The van der Waals surface area contributed by atoms with Crippen LogP contribution in [-0.2, 0) is 19.1 Å². The van der Waals surface area contributed by atoms with Crippen LogP contribution in [0.25, 0.3) is 0 Å². The average molecular weight is 647 g/mol. The largest absolute Gasteiger partial charge is 0.462 e. The molecule has 1 atom stereocenters. The summed E-state index contributed by atoms with van der Waals surface area (Å²) in [4.78, 5) is 24.1. The van der Waals surface area contributed by atoms with Crippen LogP contribution in [0.4, 0.5) is 0 Å². The second-order valence-corrected chi connectivity index (χ2v) is 11.6. The normalized spacial score (nSPS) is 13.5. The van der Waals surface area contributed by atoms with Crippen LogP contribution in [0, 0.1) is 0 Å². The van der Waals surface area contributed by atoms with Gasteiger partial charge in [-0.25, -0.2) is 0 Å². The monoisotopic (exact) mass is 646 g/mol. The molecule has 0 aliphatic carbocycles. The van der Waals surface area contributed by atoms with E-state index in [0.29, 0.717) is 19.3 Å². The smallest absolute Gasteiger partial charge is 0.306 e. The van der Waals surface area contributed by atoms with E-state index in [1.165, 1.54) is 25.7 Å². The summed E-state index contributed by atoms with van der Waals surface area (Å²) in [5.41, 5.74) is 0. The Balaban J connectivity index is 3.71. The van der Waals surface area contributed by atoms with E-state index in [1.54, 1.807) is 6.92 Å². The van der Waals surface area contributed by atoms with E-state index >= 15 is 0 Å². The molecule has 47 heavy (non-hydrogen) atoms. The van der Waals surface area contributed by atoms with Crippen LogP contribution < -0.4 is 0 Å². The fourth-order valence-electron chi connectivity index (χ4n) is 4.26. The van der Waals surface area contributed by atoms with Gasteiger partial charge in [0.25, 0.3) is 0 Å². The lowest BCUT2D eigenvalue weighted by atomic mass is 10.1. The number of ether oxygens (including phenoxy) is 2. The number of carbonyl (C=O) groups excluding carboxylic acids is 2. The fourth-order valence-corrected chi connectivity index (χ4v) is 4.26. The third kappa shape index (κ3) is 36.9. The van der Waals surface area contributed by atoms with Crippen molar-refractivity contribution in [3.05, 3.63) is 109 Å². The molecule has 0 aromatic heterocycles. The number of carbonyl (C=O) groups is 2. The van der Waals surface area contributed by atoms with Gasteiger partial charge in [0.2, 0.25) is 0 Å². The van der Waals surface area contributed by atoms with Crippen molar-refractivity contribution in [1.29, 1.82) is 0 Å². The van der Waals surface area contributed by atoms with Crippen molar-refractivity contribution < 1.29 is 19.1 Å². The zero-order chi connectivity index (χ0) is 34.3. The summed E-state index contributed by atoms with van der Waals surface area (Å²) in [6, 6.07) is 0. The zero-order valence-corrected chi connectivity index (χ0v) is 30.0. The van der Waals surface area contributed by atoms with E-state index in [-0.39, 0.29) is 18.5 Å². The molecular weight excluding hydrogens is 580 g/mol. The summed E-state index contributed by atoms with van der Waals surface area (Å²) in [5.74, 6) is -0.505. The molecule has 0 spiro atoms. The lowest BCUT2D eigenvalue weighted by molar-refractivity contribution is -0.158. The Kier molecular flexibility index (Phi) is 34.4. The third-order valence-electron chi connectivity index (χ3n) is 6.94. The predicted octanol–water partition coefficient (Wildman–Crippen LogP) is 12.5. The van der Waals surface area contributed by atoms with Gasteiger partial charge in [-0.2, -0.15) is 0 Å². The number of unbranched alkanes of at least 4 members (excludes halogenated alkanes) is 5. The molecule has 0 radical (unpaired) electrons. The summed E-state index contributed by atoms with van der Waals surface area (Å²) in [6.45, 7) is 6.24. The predicted molar refractivity (Wildman–Crippen MR) is 203 cm³/mol. The molecule has 0 rings (SSSR count). The zero-order valence-electron chi connectivity index (χ0n) is 30.0. The summed E-state index contributed by atoms with van der Waals surface area (Å²) in [7, 11) is 0. The van der Waals surface area contributed by atoms with Crippen molar-refractivity contribution in [2.75, 3.05) is 6.61 Å². The van der Waals surface area contributed by atoms with Crippen LogP contribution >= 0.6 is 0 Å². The SMILES string of the molecule is CC/C=C\C/C=C\C/C=C\C/C=C\C/C=C\C/C=C\CCC(=O)OCC(C)OC(=O)CCCC/C=C\C/C=C\C/C=C\CCCCC. The molecular formula is C43H66O4. The lowest BCUT2D eigenvalue weighted by Crippen LogP contribution is -2.22. The first-order valence-corrected chi connectivity index (χ1v) is 18.3. The molecule has 4 heteroatoms. The summed E-state index contributed by atoms with van der Waals surface area (Å²) in [5, 5.41) is 0. The number of esters is 2. The maximum atomic E-state index is 12.1. The molecule has 0 fully saturated rings. The molecule has 0 saturated carbocycles. The standard InChI is InChI=1S/C43H66O4/c1-4-6-8-10-12-14-16-18-20-21-22-23-25-26-28-30-32-34-36-38-42(44)46-40-41(3)47-43(45)39-37-35-33-31-29-27-24-19-17-15-13-11-9-7-5-2/h6,8,12-15,18-20,22-24,26,28-29,31-32,34,41H,4-5,7,9-11,16-17,21,25,27,30,33,35-40H2,1-3H3/b8-6-,14-12-,15-13-,20-18-,23-22-,24-19-,28-26-,31-29-,34-32-. The number of hydrogen-bond acceptors (Lipinski definition) is 4. The summed E-state index contributed by atoms with van der Waals surface area (Å²) < 4.78 is 10.7. The highest BCUT2D eigenvalue weighted by molar-refractivity contribution is 5.70. The third-order valence-corrected chi connectivity index (χ3v) is 6.94. The second kappa shape index (κ2) is 37.1. The van der Waals surface area contributed by atoms with Crippen molar-refractivity contribution in [2.45, 2.75) is 142 Å². The van der Waals surface area contributed by atoms with Crippen LogP contribution in [0.5, 0.6) is 0 Å². The van der Waals surface area contributed by atoms with Crippen molar-refractivity contribution >= 4 is 11.9 Å². The van der Waals surface area contributed by atoms with Crippen molar-refractivity contribution in [3.8, 4) is 0 Å². The van der Waals surface area contributed by atoms with Crippen LogP contribution in [0.1, 0.15) is 136 Å².